The minimum atomic E-state index is -1.29. The third-order valence-electron chi connectivity index (χ3n) is 2.78. The monoisotopic (exact) mass is 318 g/mol. The van der Waals surface area contributed by atoms with E-state index in [9.17, 15) is 19.2 Å². The van der Waals surface area contributed by atoms with E-state index in [0.29, 0.717) is 0 Å². The molecule has 0 aliphatic carbocycles. The van der Waals surface area contributed by atoms with Crippen LogP contribution in [-0.4, -0.2) is 62.0 Å². The van der Waals surface area contributed by atoms with Crippen LogP contribution in [0.2, 0.25) is 0 Å². The largest absolute Gasteiger partial charge is 0.467 e. The van der Waals surface area contributed by atoms with E-state index in [1.165, 1.54) is 0 Å². The summed E-state index contributed by atoms with van der Waals surface area (Å²) in [4.78, 5) is 45.4. The Morgan fingerprint density at radius 2 is 1.36 bits per heavy atom. The maximum Gasteiger partial charge on any atom is 0.339 e. The highest BCUT2D eigenvalue weighted by Gasteiger charge is 2.50. The van der Waals surface area contributed by atoms with Crippen LogP contribution in [0.4, 0.5) is 0 Å². The van der Waals surface area contributed by atoms with E-state index >= 15 is 0 Å². The van der Waals surface area contributed by atoms with E-state index in [-0.39, 0.29) is 6.61 Å². The molecule has 0 aromatic heterocycles. The van der Waals surface area contributed by atoms with Gasteiger partial charge in [-0.1, -0.05) is 0 Å². The molecule has 0 aromatic rings. The first-order valence-electron chi connectivity index (χ1n) is 6.47. The Morgan fingerprint density at radius 1 is 0.864 bits per heavy atom. The molecule has 9 nitrogen and oxygen atoms in total. The van der Waals surface area contributed by atoms with E-state index in [4.69, 9.17) is 18.9 Å². The molecule has 9 heteroatoms. The molecule has 0 radical (unpaired) electrons. The van der Waals surface area contributed by atoms with Gasteiger partial charge >= 0.3 is 23.9 Å². The van der Waals surface area contributed by atoms with Gasteiger partial charge in [-0.15, -0.1) is 0 Å². The molecule has 1 aliphatic rings. The number of carbonyl (C=O) groups excluding carboxylic acids is 4. The van der Waals surface area contributed by atoms with E-state index < -0.39 is 48.3 Å². The van der Waals surface area contributed by atoms with Crippen molar-refractivity contribution < 1.29 is 42.9 Å². The number of esters is 4. The Morgan fingerprint density at radius 3 is 1.82 bits per heavy atom. The zero-order valence-electron chi connectivity index (χ0n) is 12.7. The van der Waals surface area contributed by atoms with Crippen molar-refractivity contribution in [1.29, 1.82) is 0 Å². The van der Waals surface area contributed by atoms with E-state index in [1.54, 1.807) is 0 Å². The van der Waals surface area contributed by atoms with Gasteiger partial charge in [-0.25, -0.2) is 4.79 Å². The third kappa shape index (κ3) is 4.69. The SMILES string of the molecule is COC(=O)[C@@H]1OC[C@@H](OC(C)=O)[C@H](OC(C)=O)[C@H]1OC(C)=O. The predicted octanol–water partition coefficient (Wildman–Crippen LogP) is -0.647. The number of carbonyl (C=O) groups is 4. The normalized spacial score (nSPS) is 27.5. The minimum absolute atomic E-state index is 0.213. The number of hydrogen-bond donors (Lipinski definition) is 0. The summed E-state index contributed by atoms with van der Waals surface area (Å²) in [6.45, 7) is 3.21. The summed E-state index contributed by atoms with van der Waals surface area (Å²) >= 11 is 0. The summed E-state index contributed by atoms with van der Waals surface area (Å²) in [5.41, 5.74) is 0. The van der Waals surface area contributed by atoms with E-state index in [2.05, 4.69) is 4.74 Å². The van der Waals surface area contributed by atoms with E-state index in [0.717, 1.165) is 27.9 Å². The molecule has 0 spiro atoms. The molecule has 1 heterocycles. The average molecular weight is 318 g/mol. The lowest BCUT2D eigenvalue weighted by Gasteiger charge is -2.39. The van der Waals surface area contributed by atoms with Crippen LogP contribution in [0.1, 0.15) is 20.8 Å². The number of methoxy groups -OCH3 is 1. The van der Waals surface area contributed by atoms with Crippen LogP contribution in [0.25, 0.3) is 0 Å². The van der Waals surface area contributed by atoms with Crippen molar-refractivity contribution in [2.45, 2.75) is 45.2 Å². The first kappa shape index (κ1) is 17.9. The molecule has 4 atom stereocenters. The van der Waals surface area contributed by atoms with Crippen molar-refractivity contribution in [2.75, 3.05) is 13.7 Å². The van der Waals surface area contributed by atoms with Crippen LogP contribution in [0.15, 0.2) is 0 Å². The molecule has 0 saturated carbocycles. The van der Waals surface area contributed by atoms with Crippen molar-refractivity contribution in [1.82, 2.24) is 0 Å². The first-order chi connectivity index (χ1) is 10.3. The molecule has 1 fully saturated rings. The summed E-state index contributed by atoms with van der Waals surface area (Å²) < 4.78 is 24.9. The van der Waals surface area contributed by atoms with Gasteiger partial charge in [-0.2, -0.15) is 0 Å². The van der Waals surface area contributed by atoms with Crippen LogP contribution in [-0.2, 0) is 42.9 Å². The topological polar surface area (TPSA) is 114 Å². The second-order valence-corrected chi connectivity index (χ2v) is 4.57. The molecule has 1 rings (SSSR count). The fourth-order valence-electron chi connectivity index (χ4n) is 2.06. The Labute approximate surface area is 126 Å². The first-order valence-corrected chi connectivity index (χ1v) is 6.47. The summed E-state index contributed by atoms with van der Waals surface area (Å²) in [5, 5.41) is 0. The van der Waals surface area contributed by atoms with Crippen LogP contribution in [0, 0.1) is 0 Å². The molecule has 0 aromatic carbocycles. The lowest BCUT2D eigenvalue weighted by atomic mass is 9.99. The number of ether oxygens (including phenoxy) is 5. The molecule has 0 bridgehead atoms. The standard InChI is InChI=1S/C13H18O9/c1-6(14)20-9-5-19-12(13(17)18-4)11(22-8(3)16)10(9)21-7(2)15/h9-12H,5H2,1-4H3/t9-,10+,11-,12-/m1/s1. The van der Waals surface area contributed by atoms with Crippen molar-refractivity contribution in [3.05, 3.63) is 0 Å². The quantitative estimate of drug-likeness (QED) is 0.492. The molecular formula is C13H18O9. The average Bonchev–Trinajstić information content (AvgIpc) is 2.40. The van der Waals surface area contributed by atoms with Crippen molar-refractivity contribution in [2.24, 2.45) is 0 Å². The highest BCUT2D eigenvalue weighted by Crippen LogP contribution is 2.25. The van der Waals surface area contributed by atoms with Crippen molar-refractivity contribution >= 4 is 23.9 Å². The Bertz CT molecular complexity index is 458. The summed E-state index contributed by atoms with van der Waals surface area (Å²) in [7, 11) is 1.13. The highest BCUT2D eigenvalue weighted by atomic mass is 16.7. The Hall–Kier alpha value is -2.16. The second-order valence-electron chi connectivity index (χ2n) is 4.57. The van der Waals surface area contributed by atoms with Crippen LogP contribution in [0.5, 0.6) is 0 Å². The number of hydrogen-bond acceptors (Lipinski definition) is 9. The lowest BCUT2D eigenvalue weighted by molar-refractivity contribution is -0.229. The smallest absolute Gasteiger partial charge is 0.339 e. The van der Waals surface area contributed by atoms with Crippen molar-refractivity contribution in [3.63, 3.8) is 0 Å². The van der Waals surface area contributed by atoms with Crippen LogP contribution >= 0.6 is 0 Å². The van der Waals surface area contributed by atoms with E-state index in [1.807, 2.05) is 0 Å². The Kier molecular flexibility index (Phi) is 6.29. The highest BCUT2D eigenvalue weighted by molar-refractivity contribution is 5.77. The molecule has 0 unspecified atom stereocenters. The van der Waals surface area contributed by atoms with Crippen LogP contribution < -0.4 is 0 Å². The maximum atomic E-state index is 11.7. The van der Waals surface area contributed by atoms with Gasteiger partial charge in [-0.05, 0) is 0 Å². The molecule has 1 aliphatic heterocycles. The van der Waals surface area contributed by atoms with Gasteiger partial charge in [0.15, 0.2) is 24.4 Å². The fourth-order valence-corrected chi connectivity index (χ4v) is 2.06. The van der Waals surface area contributed by atoms with Gasteiger partial charge in [0.2, 0.25) is 0 Å². The van der Waals surface area contributed by atoms with Crippen molar-refractivity contribution in [3.8, 4) is 0 Å². The summed E-state index contributed by atoms with van der Waals surface area (Å²) in [6, 6.07) is 0. The lowest BCUT2D eigenvalue weighted by Crippen LogP contribution is -2.59. The van der Waals surface area contributed by atoms with Gasteiger partial charge < -0.3 is 23.7 Å². The fraction of sp³-hybridized carbons (Fsp3) is 0.692. The summed E-state index contributed by atoms with van der Waals surface area (Å²) in [5.74, 6) is -2.85. The molecule has 0 N–H and O–H groups in total. The van der Waals surface area contributed by atoms with Gasteiger partial charge in [0.1, 0.15) is 0 Å². The molecule has 124 valence electrons. The molecule has 0 amide bonds. The van der Waals surface area contributed by atoms with Gasteiger partial charge in [0.05, 0.1) is 13.7 Å². The molecular weight excluding hydrogens is 300 g/mol. The zero-order valence-corrected chi connectivity index (χ0v) is 12.7. The second kappa shape index (κ2) is 7.74. The zero-order chi connectivity index (χ0) is 16.9. The third-order valence-corrected chi connectivity index (χ3v) is 2.78. The predicted molar refractivity (Wildman–Crippen MR) is 68.4 cm³/mol. The van der Waals surface area contributed by atoms with Gasteiger partial charge in [-0.3, -0.25) is 14.4 Å². The summed E-state index contributed by atoms with van der Waals surface area (Å²) in [6.07, 6.45) is -4.76. The molecule has 22 heavy (non-hydrogen) atoms. The Balaban J connectivity index is 3.09. The minimum Gasteiger partial charge on any atom is -0.467 e. The van der Waals surface area contributed by atoms with Gasteiger partial charge in [0.25, 0.3) is 0 Å². The maximum absolute atomic E-state index is 11.7. The van der Waals surface area contributed by atoms with Crippen LogP contribution in [0.3, 0.4) is 0 Å². The number of rotatable bonds is 4. The molecule has 1 saturated heterocycles. The van der Waals surface area contributed by atoms with Gasteiger partial charge in [0, 0.05) is 20.8 Å².